The van der Waals surface area contributed by atoms with Crippen LogP contribution in [0.25, 0.3) is 0 Å². The van der Waals surface area contributed by atoms with Gasteiger partial charge < -0.3 is 4.74 Å². The number of amides is 2. The van der Waals surface area contributed by atoms with Gasteiger partial charge in [-0.1, -0.05) is 0 Å². The molecule has 2 amide bonds. The first-order valence-corrected chi connectivity index (χ1v) is 2.53. The van der Waals surface area contributed by atoms with Crippen molar-refractivity contribution in [2.24, 2.45) is 0 Å². The molecule has 0 bridgehead atoms. The summed E-state index contributed by atoms with van der Waals surface area (Å²) in [5.74, 6) is 0. The Morgan fingerprint density at radius 1 is 1.89 bits per heavy atom. The van der Waals surface area contributed by atoms with E-state index in [2.05, 4.69) is 5.32 Å². The number of hydrogen-bond donors (Lipinski definition) is 0. The van der Waals surface area contributed by atoms with E-state index in [-0.39, 0.29) is 12.8 Å². The van der Waals surface area contributed by atoms with E-state index >= 15 is 0 Å². The molecule has 0 saturated heterocycles. The van der Waals surface area contributed by atoms with E-state index in [4.69, 9.17) is 4.74 Å². The lowest BCUT2D eigenvalue weighted by atomic mass is 10.7. The van der Waals surface area contributed by atoms with Gasteiger partial charge >= 0.3 is 6.03 Å². The Morgan fingerprint density at radius 3 is 3.11 bits per heavy atom. The molecule has 4 heteroatoms. The third-order valence-corrected chi connectivity index (χ3v) is 0.988. The van der Waals surface area contributed by atoms with Crippen molar-refractivity contribution < 1.29 is 9.53 Å². The summed E-state index contributed by atoms with van der Waals surface area (Å²) in [5, 5.41) is 3.43. The first-order valence-electron chi connectivity index (χ1n) is 2.53. The zero-order chi connectivity index (χ0) is 6.69. The number of carbonyl (C=O) groups is 1. The second-order valence-electron chi connectivity index (χ2n) is 1.56. The molecule has 0 aromatic rings. The minimum atomic E-state index is -0.274. The van der Waals surface area contributed by atoms with Gasteiger partial charge in [-0.25, -0.2) is 10.1 Å². The first-order chi connectivity index (χ1) is 4.34. The molecule has 49 valence electrons. The minimum Gasteiger partial charge on any atom is -0.479 e. The van der Waals surface area contributed by atoms with Gasteiger partial charge in [0, 0.05) is 13.2 Å². The quantitative estimate of drug-likeness (QED) is 0.463. The highest BCUT2D eigenvalue weighted by Crippen LogP contribution is 1.99. The van der Waals surface area contributed by atoms with Crippen LogP contribution in [0.15, 0.2) is 12.5 Å². The molecule has 0 unspecified atom stereocenters. The molecule has 0 atom stereocenters. The standard InChI is InChI=1S/C5H7N2O2/c1-6-5(8)7-2-3-9-4-7/h2-3H,4H2,1H3. The SMILES string of the molecule is C[N]C(=O)N1C=COC1. The Morgan fingerprint density at radius 2 is 2.67 bits per heavy atom. The number of hydrogen-bond acceptors (Lipinski definition) is 2. The second-order valence-corrected chi connectivity index (χ2v) is 1.56. The van der Waals surface area contributed by atoms with E-state index in [9.17, 15) is 4.79 Å². The summed E-state index contributed by atoms with van der Waals surface area (Å²) < 4.78 is 4.74. The summed E-state index contributed by atoms with van der Waals surface area (Å²) in [7, 11) is 1.45. The maximum absolute atomic E-state index is 10.6. The van der Waals surface area contributed by atoms with E-state index in [0.29, 0.717) is 0 Å². The minimum absolute atomic E-state index is 0.274. The molecule has 1 rings (SSSR count). The molecule has 1 aliphatic rings. The van der Waals surface area contributed by atoms with Gasteiger partial charge in [0.15, 0.2) is 6.73 Å². The summed E-state index contributed by atoms with van der Waals surface area (Å²) in [6.45, 7) is 0.288. The summed E-state index contributed by atoms with van der Waals surface area (Å²) in [5.41, 5.74) is 0. The Bertz CT molecular complexity index is 144. The monoisotopic (exact) mass is 127 g/mol. The summed E-state index contributed by atoms with van der Waals surface area (Å²) >= 11 is 0. The Balaban J connectivity index is 2.43. The van der Waals surface area contributed by atoms with Crippen molar-refractivity contribution in [2.75, 3.05) is 13.8 Å². The van der Waals surface area contributed by atoms with Crippen molar-refractivity contribution in [3.05, 3.63) is 12.5 Å². The molecule has 1 heterocycles. The average Bonchev–Trinajstić information content (AvgIpc) is 2.37. The molecule has 0 N–H and O–H groups in total. The highest BCUT2D eigenvalue weighted by Gasteiger charge is 2.12. The predicted octanol–water partition coefficient (Wildman–Crippen LogP) is 0.101. The Hall–Kier alpha value is -1.19. The van der Waals surface area contributed by atoms with Crippen LogP contribution in [0.2, 0.25) is 0 Å². The fourth-order valence-electron chi connectivity index (χ4n) is 0.530. The number of ether oxygens (including phenoxy) is 1. The third kappa shape index (κ3) is 1.13. The predicted molar refractivity (Wildman–Crippen MR) is 30.4 cm³/mol. The van der Waals surface area contributed by atoms with Crippen LogP contribution in [0.4, 0.5) is 4.79 Å². The zero-order valence-corrected chi connectivity index (χ0v) is 5.07. The zero-order valence-electron chi connectivity index (χ0n) is 5.07. The van der Waals surface area contributed by atoms with Gasteiger partial charge in [-0.3, -0.25) is 4.90 Å². The molecule has 0 aliphatic carbocycles. The lowest BCUT2D eigenvalue weighted by Crippen LogP contribution is -2.28. The largest absolute Gasteiger partial charge is 0.479 e. The summed E-state index contributed by atoms with van der Waals surface area (Å²) in [4.78, 5) is 12.0. The van der Waals surface area contributed by atoms with Crippen molar-refractivity contribution in [1.29, 1.82) is 0 Å². The van der Waals surface area contributed by atoms with Crippen molar-refractivity contribution >= 4 is 6.03 Å². The first kappa shape index (κ1) is 5.94. The van der Waals surface area contributed by atoms with Crippen LogP contribution in [0, 0.1) is 0 Å². The highest BCUT2D eigenvalue weighted by atomic mass is 16.5. The molecular formula is C5H7N2O2. The molecule has 4 nitrogen and oxygen atoms in total. The van der Waals surface area contributed by atoms with Crippen LogP contribution in [0.3, 0.4) is 0 Å². The average molecular weight is 127 g/mol. The molecule has 0 spiro atoms. The normalized spacial score (nSPS) is 15.4. The van der Waals surface area contributed by atoms with Crippen LogP contribution in [-0.4, -0.2) is 24.7 Å². The second kappa shape index (κ2) is 2.39. The van der Waals surface area contributed by atoms with E-state index in [1.54, 1.807) is 6.20 Å². The van der Waals surface area contributed by atoms with Gasteiger partial charge in [0.05, 0.1) is 0 Å². The van der Waals surface area contributed by atoms with Crippen LogP contribution in [-0.2, 0) is 4.74 Å². The van der Waals surface area contributed by atoms with Crippen molar-refractivity contribution in [2.45, 2.75) is 0 Å². The molecule has 1 radical (unpaired) electrons. The number of urea groups is 1. The smallest absolute Gasteiger partial charge is 0.345 e. The van der Waals surface area contributed by atoms with Crippen molar-refractivity contribution in [1.82, 2.24) is 10.2 Å². The van der Waals surface area contributed by atoms with E-state index < -0.39 is 0 Å². The number of rotatable bonds is 0. The van der Waals surface area contributed by atoms with Crippen LogP contribution in [0.5, 0.6) is 0 Å². The third-order valence-electron chi connectivity index (χ3n) is 0.988. The lowest BCUT2D eigenvalue weighted by Gasteiger charge is -2.07. The van der Waals surface area contributed by atoms with E-state index in [1.807, 2.05) is 0 Å². The van der Waals surface area contributed by atoms with Gasteiger partial charge in [-0.05, 0) is 0 Å². The van der Waals surface area contributed by atoms with Gasteiger partial charge in [-0.2, -0.15) is 0 Å². The topological polar surface area (TPSA) is 43.6 Å². The Labute approximate surface area is 53.1 Å². The lowest BCUT2D eigenvalue weighted by molar-refractivity contribution is 0.167. The highest BCUT2D eigenvalue weighted by molar-refractivity contribution is 5.74. The molecular weight excluding hydrogens is 120 g/mol. The van der Waals surface area contributed by atoms with Crippen molar-refractivity contribution in [3.8, 4) is 0 Å². The molecule has 9 heavy (non-hydrogen) atoms. The molecule has 0 saturated carbocycles. The van der Waals surface area contributed by atoms with E-state index in [1.165, 1.54) is 18.2 Å². The maximum atomic E-state index is 10.6. The summed E-state index contributed by atoms with van der Waals surface area (Å²) in [6.07, 6.45) is 3.01. The Kier molecular flexibility index (Phi) is 1.58. The van der Waals surface area contributed by atoms with Crippen LogP contribution in [0.1, 0.15) is 0 Å². The van der Waals surface area contributed by atoms with E-state index in [0.717, 1.165) is 0 Å². The van der Waals surface area contributed by atoms with Crippen molar-refractivity contribution in [3.63, 3.8) is 0 Å². The van der Waals surface area contributed by atoms with Crippen LogP contribution < -0.4 is 5.32 Å². The maximum Gasteiger partial charge on any atom is 0.345 e. The number of carbonyl (C=O) groups excluding carboxylic acids is 1. The molecule has 1 aliphatic heterocycles. The molecule has 0 fully saturated rings. The summed E-state index contributed by atoms with van der Waals surface area (Å²) in [6, 6.07) is -0.274. The van der Waals surface area contributed by atoms with Gasteiger partial charge in [-0.15, -0.1) is 0 Å². The van der Waals surface area contributed by atoms with Gasteiger partial charge in [0.1, 0.15) is 6.26 Å². The fraction of sp³-hybridized carbons (Fsp3) is 0.400. The van der Waals surface area contributed by atoms with Gasteiger partial charge in [0.2, 0.25) is 0 Å². The van der Waals surface area contributed by atoms with Gasteiger partial charge in [0.25, 0.3) is 0 Å². The number of nitrogens with zero attached hydrogens (tertiary/aromatic N) is 2. The fourth-order valence-corrected chi connectivity index (χ4v) is 0.530. The molecule has 0 aromatic carbocycles. The van der Waals surface area contributed by atoms with Crippen LogP contribution >= 0.6 is 0 Å². The molecule has 0 aromatic heterocycles.